The molecule has 2 saturated heterocycles. The second kappa shape index (κ2) is 3.06. The van der Waals surface area contributed by atoms with Gasteiger partial charge in [0.15, 0.2) is 0 Å². The number of hydrogen-bond acceptors (Lipinski definition) is 4. The van der Waals surface area contributed by atoms with Crippen molar-refractivity contribution in [3.63, 3.8) is 0 Å². The first kappa shape index (κ1) is 9.14. The van der Waals surface area contributed by atoms with Gasteiger partial charge in [-0.1, -0.05) is 6.92 Å². The molecule has 0 bridgehead atoms. The van der Waals surface area contributed by atoms with Crippen molar-refractivity contribution >= 4 is 22.9 Å². The third-order valence-electron chi connectivity index (χ3n) is 2.62. The summed E-state index contributed by atoms with van der Waals surface area (Å²) in [7, 11) is 0. The Kier molecular flexibility index (Phi) is 2.33. The molecule has 2 fully saturated rings. The zero-order chi connectivity index (χ0) is 8.88. The monoisotopic (exact) mass is 284 g/mol. The van der Waals surface area contributed by atoms with Crippen molar-refractivity contribution in [3.8, 4) is 0 Å². The number of halogens is 1. The van der Waals surface area contributed by atoms with Crippen LogP contribution in [0.5, 0.6) is 0 Å². The highest BCUT2D eigenvalue weighted by atomic mass is 127. The molecule has 12 heavy (non-hydrogen) atoms. The predicted octanol–water partition coefficient (Wildman–Crippen LogP) is 0.568. The maximum absolute atomic E-state index is 9.52. The van der Waals surface area contributed by atoms with Gasteiger partial charge in [0.1, 0.15) is 0 Å². The van der Waals surface area contributed by atoms with E-state index in [2.05, 4.69) is 29.8 Å². The lowest BCUT2D eigenvalue weighted by Crippen LogP contribution is -2.39. The van der Waals surface area contributed by atoms with E-state index in [9.17, 15) is 5.11 Å². The van der Waals surface area contributed by atoms with Crippen LogP contribution in [0, 0.1) is 5.92 Å². The summed E-state index contributed by atoms with van der Waals surface area (Å²) in [6.45, 7) is 5.20. The van der Waals surface area contributed by atoms with Crippen molar-refractivity contribution in [2.75, 3.05) is 6.54 Å². The molecule has 0 spiro atoms. The van der Waals surface area contributed by atoms with E-state index in [0.717, 1.165) is 6.54 Å². The summed E-state index contributed by atoms with van der Waals surface area (Å²) in [5.74, 6) is 0.564. The molecular weight excluding hydrogens is 271 g/mol. The molecule has 2 heterocycles. The van der Waals surface area contributed by atoms with Crippen LogP contribution < -0.4 is 0 Å². The summed E-state index contributed by atoms with van der Waals surface area (Å²) in [6.07, 6.45) is -0.610. The zero-order valence-electron chi connectivity index (χ0n) is 7.14. The number of rotatable bonds is 0. The molecule has 0 aliphatic carbocycles. The van der Waals surface area contributed by atoms with Gasteiger partial charge in [-0.3, -0.25) is 0 Å². The van der Waals surface area contributed by atoms with Crippen LogP contribution >= 0.6 is 22.9 Å². The Morgan fingerprint density at radius 3 is 2.75 bits per heavy atom. The Morgan fingerprint density at radius 2 is 2.17 bits per heavy atom. The molecule has 2 aliphatic heterocycles. The molecule has 0 aromatic carbocycles. The number of aliphatic hydroxyl groups excluding tert-OH is 1. The Bertz CT molecular complexity index is 156. The summed E-state index contributed by atoms with van der Waals surface area (Å²) >= 11 is 2.21. The molecule has 2 rings (SSSR count). The van der Waals surface area contributed by atoms with Gasteiger partial charge in [0.25, 0.3) is 0 Å². The number of hydrogen-bond donors (Lipinski definition) is 1. The molecule has 4 nitrogen and oxygen atoms in total. The number of ether oxygens (including phenoxy) is 1. The zero-order valence-corrected chi connectivity index (χ0v) is 9.30. The third-order valence-corrected chi connectivity index (χ3v) is 3.51. The molecule has 0 radical (unpaired) electrons. The van der Waals surface area contributed by atoms with Gasteiger partial charge in [-0.2, -0.15) is 8.23 Å². The number of fused-ring (bicyclic) bond motifs is 1. The number of hydrazine groups is 1. The predicted molar refractivity (Wildman–Crippen MR) is 52.1 cm³/mol. The van der Waals surface area contributed by atoms with Crippen molar-refractivity contribution < 1.29 is 9.84 Å². The van der Waals surface area contributed by atoms with E-state index in [1.807, 2.05) is 15.2 Å². The van der Waals surface area contributed by atoms with Crippen LogP contribution in [0.3, 0.4) is 0 Å². The van der Waals surface area contributed by atoms with Gasteiger partial charge in [-0.05, 0) is 12.8 Å². The van der Waals surface area contributed by atoms with Crippen LogP contribution in [-0.4, -0.2) is 38.4 Å². The van der Waals surface area contributed by atoms with E-state index in [1.54, 1.807) is 0 Å². The second-order valence-corrected chi connectivity index (χ2v) is 4.65. The van der Waals surface area contributed by atoms with E-state index in [0.29, 0.717) is 12.0 Å². The van der Waals surface area contributed by atoms with Crippen LogP contribution in [0.4, 0.5) is 0 Å². The Labute approximate surface area is 85.9 Å². The van der Waals surface area contributed by atoms with Gasteiger partial charge >= 0.3 is 0 Å². The van der Waals surface area contributed by atoms with E-state index < -0.39 is 6.41 Å². The van der Waals surface area contributed by atoms with Crippen LogP contribution in [0.25, 0.3) is 0 Å². The normalized spacial score (nSPS) is 50.0. The van der Waals surface area contributed by atoms with Gasteiger partial charge in [-0.15, -0.1) is 0 Å². The van der Waals surface area contributed by atoms with Crippen LogP contribution in [0.1, 0.15) is 13.8 Å². The minimum absolute atomic E-state index is 0.134. The Morgan fingerprint density at radius 1 is 1.50 bits per heavy atom. The number of aliphatic hydroxyl groups is 1. The van der Waals surface area contributed by atoms with Crippen LogP contribution in [0.2, 0.25) is 0 Å². The minimum atomic E-state index is -0.744. The second-order valence-electron chi connectivity index (χ2n) is 3.53. The standard InChI is InChI=1S/C7H13IN2O2/c1-4-3-9(8)10-6(4)5(2)12-7(10)11/h4-7,11H,3H2,1-2H3/t4-,5?,6?,7?/m0/s1. The van der Waals surface area contributed by atoms with Crippen molar-refractivity contribution in [2.45, 2.75) is 32.4 Å². The molecule has 2 aliphatic rings. The lowest BCUT2D eigenvalue weighted by Gasteiger charge is -2.22. The topological polar surface area (TPSA) is 35.9 Å². The van der Waals surface area contributed by atoms with Gasteiger partial charge in [0.05, 0.1) is 12.1 Å². The first-order valence-electron chi connectivity index (χ1n) is 4.16. The summed E-state index contributed by atoms with van der Waals surface area (Å²) < 4.78 is 7.32. The molecule has 3 unspecified atom stereocenters. The van der Waals surface area contributed by atoms with E-state index >= 15 is 0 Å². The quantitative estimate of drug-likeness (QED) is 0.521. The van der Waals surface area contributed by atoms with Crippen LogP contribution in [0.15, 0.2) is 0 Å². The van der Waals surface area contributed by atoms with E-state index in [4.69, 9.17) is 4.74 Å². The highest BCUT2D eigenvalue weighted by Crippen LogP contribution is 2.36. The molecule has 1 N–H and O–H groups in total. The van der Waals surface area contributed by atoms with Gasteiger partial charge in [0, 0.05) is 29.4 Å². The molecular formula is C7H13IN2O2. The SMILES string of the molecule is CC1OC(O)N2C1[C@@H](C)CN2I. The summed E-state index contributed by atoms with van der Waals surface area (Å²) in [4.78, 5) is 0. The smallest absolute Gasteiger partial charge is 0.230 e. The Balaban J connectivity index is 2.20. The molecule has 0 amide bonds. The summed E-state index contributed by atoms with van der Waals surface area (Å²) in [6, 6.07) is 0.344. The third kappa shape index (κ3) is 1.19. The average Bonchev–Trinajstić information content (AvgIpc) is 2.38. The minimum Gasteiger partial charge on any atom is -0.355 e. The van der Waals surface area contributed by atoms with Crippen molar-refractivity contribution in [1.29, 1.82) is 0 Å². The molecule has 0 saturated carbocycles. The van der Waals surface area contributed by atoms with Crippen molar-refractivity contribution in [2.24, 2.45) is 5.92 Å². The van der Waals surface area contributed by atoms with Crippen molar-refractivity contribution in [1.82, 2.24) is 8.23 Å². The average molecular weight is 284 g/mol. The lowest BCUT2D eigenvalue weighted by atomic mass is 10.0. The highest BCUT2D eigenvalue weighted by Gasteiger charge is 2.49. The van der Waals surface area contributed by atoms with Gasteiger partial charge < -0.3 is 9.84 Å². The maximum atomic E-state index is 9.52. The molecule has 4 atom stereocenters. The molecule has 70 valence electrons. The molecule has 0 aromatic heterocycles. The van der Waals surface area contributed by atoms with Gasteiger partial charge in [-0.25, -0.2) is 0 Å². The maximum Gasteiger partial charge on any atom is 0.230 e. The first-order valence-corrected chi connectivity index (χ1v) is 5.13. The largest absolute Gasteiger partial charge is 0.355 e. The fourth-order valence-electron chi connectivity index (χ4n) is 2.11. The highest BCUT2D eigenvalue weighted by molar-refractivity contribution is 14.1. The Hall–Kier alpha value is 0.570. The fraction of sp³-hybridized carbons (Fsp3) is 1.00. The number of nitrogens with zero attached hydrogens (tertiary/aromatic N) is 2. The lowest BCUT2D eigenvalue weighted by molar-refractivity contribution is -0.177. The van der Waals surface area contributed by atoms with Crippen LogP contribution in [-0.2, 0) is 4.74 Å². The van der Waals surface area contributed by atoms with Gasteiger partial charge in [0.2, 0.25) is 6.41 Å². The summed E-state index contributed by atoms with van der Waals surface area (Å²) in [5, 5.41) is 11.4. The van der Waals surface area contributed by atoms with E-state index in [-0.39, 0.29) is 6.10 Å². The summed E-state index contributed by atoms with van der Waals surface area (Å²) in [5.41, 5.74) is 0. The molecule has 5 heteroatoms. The van der Waals surface area contributed by atoms with E-state index in [1.165, 1.54) is 0 Å². The molecule has 0 aromatic rings. The first-order chi connectivity index (χ1) is 5.61. The van der Waals surface area contributed by atoms with Crippen molar-refractivity contribution in [3.05, 3.63) is 0 Å². The fourth-order valence-corrected chi connectivity index (χ4v) is 3.23.